The van der Waals surface area contributed by atoms with Crippen LogP contribution in [0.4, 0.5) is 0 Å². The maximum Gasteiger partial charge on any atom is 0.472 e. The largest absolute Gasteiger partial charge is 0.472 e. The maximum atomic E-state index is 12.6. The van der Waals surface area contributed by atoms with Gasteiger partial charge in [-0.25, -0.2) is 4.57 Å². The van der Waals surface area contributed by atoms with E-state index in [9.17, 15) is 24.2 Å². The molecule has 0 rings (SSSR count). The molecule has 0 aromatic heterocycles. The van der Waals surface area contributed by atoms with Gasteiger partial charge in [-0.3, -0.25) is 18.6 Å². The maximum absolute atomic E-state index is 12.6. The molecule has 3 N–H and O–H groups in total. The Hall–Kier alpha value is -1.55. The molecule has 0 aromatic carbocycles. The summed E-state index contributed by atoms with van der Waals surface area (Å²) in [4.78, 5) is 34.9. The van der Waals surface area contributed by atoms with Crippen molar-refractivity contribution in [2.45, 2.75) is 193 Å². The Morgan fingerprint density at radius 1 is 0.569 bits per heavy atom. The first-order valence-corrected chi connectivity index (χ1v) is 21.8. The highest BCUT2D eigenvalue weighted by molar-refractivity contribution is 7.47. The molecule has 0 aromatic rings. The number of allylic oxidation sites excluding steroid dienone is 4. The van der Waals surface area contributed by atoms with Crippen LogP contribution in [0.25, 0.3) is 0 Å². The van der Waals surface area contributed by atoms with Gasteiger partial charge in [0.25, 0.3) is 0 Å². The number of ether oxygens (including phenoxy) is 2. The number of unbranched alkanes of at least 4 members (excludes halogenated alkanes) is 20. The molecule has 0 bridgehead atoms. The molecule has 1 unspecified atom stereocenters. The first-order valence-electron chi connectivity index (χ1n) is 20.3. The van der Waals surface area contributed by atoms with Gasteiger partial charge in [0.05, 0.1) is 19.8 Å². The van der Waals surface area contributed by atoms with E-state index in [0.717, 1.165) is 51.4 Å². The Labute approximate surface area is 310 Å². The zero-order valence-electron chi connectivity index (χ0n) is 32.3. The first-order chi connectivity index (χ1) is 24.7. The van der Waals surface area contributed by atoms with Crippen molar-refractivity contribution >= 4 is 19.8 Å². The number of aliphatic hydroxyl groups excluding tert-OH is 2. The summed E-state index contributed by atoms with van der Waals surface area (Å²) >= 11 is 0. The van der Waals surface area contributed by atoms with Gasteiger partial charge in [-0.15, -0.1) is 0 Å². The molecular weight excluding hydrogens is 671 g/mol. The number of carbonyl (C=O) groups excluding carboxylic acids is 2. The summed E-state index contributed by atoms with van der Waals surface area (Å²) in [6, 6.07) is 0. The van der Waals surface area contributed by atoms with Gasteiger partial charge in [-0.05, 0) is 64.2 Å². The molecule has 0 aliphatic rings. The number of esters is 2. The normalized spacial score (nSPS) is 14.2. The summed E-state index contributed by atoms with van der Waals surface area (Å²) < 4.78 is 32.6. The van der Waals surface area contributed by atoms with Crippen LogP contribution in [0.2, 0.25) is 0 Å². The smallest absolute Gasteiger partial charge is 0.462 e. The van der Waals surface area contributed by atoms with Crippen LogP contribution in [0, 0.1) is 0 Å². The van der Waals surface area contributed by atoms with Crippen LogP contribution in [0.1, 0.15) is 181 Å². The summed E-state index contributed by atoms with van der Waals surface area (Å²) in [6.07, 6.45) is 34.3. The fourth-order valence-electron chi connectivity index (χ4n) is 5.39. The molecule has 300 valence electrons. The molecule has 0 spiro atoms. The molecule has 0 aliphatic heterocycles. The lowest BCUT2D eigenvalue weighted by Gasteiger charge is -2.20. The number of aliphatic hydroxyl groups is 2. The Morgan fingerprint density at radius 3 is 1.45 bits per heavy atom. The van der Waals surface area contributed by atoms with E-state index in [1.54, 1.807) is 0 Å². The molecule has 51 heavy (non-hydrogen) atoms. The standard InChI is InChI=1S/C40H75O10P/c1-3-5-7-9-11-13-15-17-18-20-22-24-26-28-30-32-40(44)50-38(36-49-51(45,46)48-34-37(42)33-41)35-47-39(43)31-29-27-25-23-21-19-16-14-12-10-8-6-4-2/h13,15,19,21,37-38,41-42H,3-12,14,16-18,20,22-36H2,1-2H3,(H,45,46)/b15-13+,21-19+/t37-,38+/m0/s1. The van der Waals surface area contributed by atoms with Crippen LogP contribution in [-0.4, -0.2) is 65.7 Å². The van der Waals surface area contributed by atoms with Crippen LogP contribution in [0.3, 0.4) is 0 Å². The molecule has 0 aliphatic carbocycles. The van der Waals surface area contributed by atoms with Crippen molar-refractivity contribution < 1.29 is 47.8 Å². The van der Waals surface area contributed by atoms with Gasteiger partial charge in [-0.2, -0.15) is 0 Å². The Morgan fingerprint density at radius 2 is 0.961 bits per heavy atom. The molecule has 0 amide bonds. The lowest BCUT2D eigenvalue weighted by atomic mass is 10.1. The van der Waals surface area contributed by atoms with Gasteiger partial charge < -0.3 is 24.6 Å². The van der Waals surface area contributed by atoms with Crippen LogP contribution in [-0.2, 0) is 32.7 Å². The van der Waals surface area contributed by atoms with Gasteiger partial charge in [0.2, 0.25) is 0 Å². The summed E-state index contributed by atoms with van der Waals surface area (Å²) in [7, 11) is -4.61. The molecule has 3 atom stereocenters. The van der Waals surface area contributed by atoms with E-state index in [-0.39, 0.29) is 19.4 Å². The van der Waals surface area contributed by atoms with Crippen LogP contribution in [0.5, 0.6) is 0 Å². The summed E-state index contributed by atoms with van der Waals surface area (Å²) in [5, 5.41) is 18.3. The number of phosphoric acid groups is 1. The highest BCUT2D eigenvalue weighted by Gasteiger charge is 2.27. The topological polar surface area (TPSA) is 149 Å². The van der Waals surface area contributed by atoms with E-state index in [0.29, 0.717) is 12.8 Å². The highest BCUT2D eigenvalue weighted by Crippen LogP contribution is 2.43. The van der Waals surface area contributed by atoms with Crippen LogP contribution >= 0.6 is 7.82 Å². The number of carbonyl (C=O) groups is 2. The highest BCUT2D eigenvalue weighted by atomic mass is 31.2. The molecule has 0 saturated heterocycles. The fraction of sp³-hybridized carbons (Fsp3) is 0.850. The average molecular weight is 747 g/mol. The third-order valence-electron chi connectivity index (χ3n) is 8.58. The van der Waals surface area contributed by atoms with Crippen molar-refractivity contribution in [2.24, 2.45) is 0 Å². The molecule has 0 heterocycles. The third kappa shape index (κ3) is 36.6. The first kappa shape index (κ1) is 49.5. The SMILES string of the molecule is CCCCCC/C=C/CCCCCCCCCC(=O)O[C@H](COC(=O)CCCCC/C=C/CCCCCCCC)COP(=O)(O)OC[C@@H](O)CO. The molecule has 0 radical (unpaired) electrons. The van der Waals surface area contributed by atoms with E-state index in [2.05, 4.69) is 42.7 Å². The van der Waals surface area contributed by atoms with E-state index in [4.69, 9.17) is 19.1 Å². The zero-order chi connectivity index (χ0) is 37.7. The second kappa shape index (κ2) is 36.8. The lowest BCUT2D eigenvalue weighted by molar-refractivity contribution is -0.161. The van der Waals surface area contributed by atoms with Gasteiger partial charge in [-0.1, -0.05) is 128 Å². The minimum absolute atomic E-state index is 0.177. The van der Waals surface area contributed by atoms with Crippen molar-refractivity contribution in [3.63, 3.8) is 0 Å². The van der Waals surface area contributed by atoms with E-state index >= 15 is 0 Å². The molecule has 11 heteroatoms. The van der Waals surface area contributed by atoms with Crippen molar-refractivity contribution in [3.8, 4) is 0 Å². The summed E-state index contributed by atoms with van der Waals surface area (Å²) in [5.41, 5.74) is 0. The van der Waals surface area contributed by atoms with Crippen molar-refractivity contribution in [1.29, 1.82) is 0 Å². The summed E-state index contributed by atoms with van der Waals surface area (Å²) in [6.45, 7) is 2.33. The Bertz CT molecular complexity index is 910. The second-order valence-electron chi connectivity index (χ2n) is 13.7. The van der Waals surface area contributed by atoms with E-state index in [1.165, 1.54) is 89.9 Å². The number of hydrogen-bond donors (Lipinski definition) is 3. The van der Waals surface area contributed by atoms with E-state index < -0.39 is 51.8 Å². The van der Waals surface area contributed by atoms with Gasteiger partial charge in [0.15, 0.2) is 6.10 Å². The Kier molecular flexibility index (Phi) is 35.7. The summed E-state index contributed by atoms with van der Waals surface area (Å²) in [5.74, 6) is -0.947. The number of hydrogen-bond acceptors (Lipinski definition) is 9. The van der Waals surface area contributed by atoms with Gasteiger partial charge >= 0.3 is 19.8 Å². The predicted octanol–water partition coefficient (Wildman–Crippen LogP) is 10.2. The lowest BCUT2D eigenvalue weighted by Crippen LogP contribution is -2.29. The monoisotopic (exact) mass is 747 g/mol. The zero-order valence-corrected chi connectivity index (χ0v) is 33.2. The van der Waals surface area contributed by atoms with Crippen LogP contribution in [0.15, 0.2) is 24.3 Å². The molecule has 10 nitrogen and oxygen atoms in total. The van der Waals surface area contributed by atoms with Gasteiger partial charge in [0, 0.05) is 12.8 Å². The van der Waals surface area contributed by atoms with Crippen molar-refractivity contribution in [1.82, 2.24) is 0 Å². The third-order valence-corrected chi connectivity index (χ3v) is 9.53. The number of phosphoric ester groups is 1. The predicted molar refractivity (Wildman–Crippen MR) is 205 cm³/mol. The molecule has 0 fully saturated rings. The average Bonchev–Trinajstić information content (AvgIpc) is 3.12. The fourth-order valence-corrected chi connectivity index (χ4v) is 6.18. The quantitative estimate of drug-likeness (QED) is 0.0241. The van der Waals surface area contributed by atoms with Crippen molar-refractivity contribution in [2.75, 3.05) is 26.4 Å². The number of rotatable bonds is 38. The molecule has 0 saturated carbocycles. The second-order valence-corrected chi connectivity index (χ2v) is 15.1. The minimum atomic E-state index is -4.61. The van der Waals surface area contributed by atoms with E-state index in [1.807, 2.05) is 0 Å². The van der Waals surface area contributed by atoms with Crippen LogP contribution < -0.4 is 0 Å². The molecular formula is C40H75O10P. The Balaban J connectivity index is 4.36. The van der Waals surface area contributed by atoms with Gasteiger partial charge in [0.1, 0.15) is 12.7 Å². The van der Waals surface area contributed by atoms with Crippen molar-refractivity contribution in [3.05, 3.63) is 24.3 Å². The minimum Gasteiger partial charge on any atom is -0.462 e.